The largest absolute Gasteiger partial charge is 0.308 e. The summed E-state index contributed by atoms with van der Waals surface area (Å²) in [5.41, 5.74) is 2.54. The molecule has 2 aromatic rings. The number of rotatable bonds is 4. The molecule has 20 heavy (non-hydrogen) atoms. The summed E-state index contributed by atoms with van der Waals surface area (Å²) in [5.74, 6) is 0. The quantitative estimate of drug-likeness (QED) is 0.937. The van der Waals surface area contributed by atoms with Gasteiger partial charge in [0, 0.05) is 49.7 Å². The van der Waals surface area contributed by atoms with Gasteiger partial charge in [-0.05, 0) is 12.5 Å². The second-order valence-electron chi connectivity index (χ2n) is 5.35. The van der Waals surface area contributed by atoms with Gasteiger partial charge in [-0.1, -0.05) is 30.3 Å². The van der Waals surface area contributed by atoms with Crippen LogP contribution in [0.4, 0.5) is 0 Å². The van der Waals surface area contributed by atoms with E-state index in [1.807, 2.05) is 0 Å². The molecule has 3 rings (SSSR count). The number of thiazole rings is 1. The molecule has 0 spiro atoms. The van der Waals surface area contributed by atoms with Crippen molar-refractivity contribution in [1.82, 2.24) is 15.2 Å². The number of benzene rings is 1. The predicted octanol–water partition coefficient (Wildman–Crippen LogP) is 2.64. The van der Waals surface area contributed by atoms with Gasteiger partial charge >= 0.3 is 0 Å². The number of nitrogens with zero attached hydrogens (tertiary/aromatic N) is 2. The van der Waals surface area contributed by atoms with Gasteiger partial charge in [0.05, 0.1) is 5.01 Å². The zero-order valence-electron chi connectivity index (χ0n) is 11.9. The molecule has 0 aliphatic carbocycles. The minimum absolute atomic E-state index is 0.461. The molecule has 1 aromatic carbocycles. The lowest BCUT2D eigenvalue weighted by Crippen LogP contribution is -2.46. The number of piperazine rings is 1. The number of aryl methyl sites for hydroxylation is 1. The first-order valence-corrected chi connectivity index (χ1v) is 8.11. The zero-order chi connectivity index (χ0) is 13.8. The summed E-state index contributed by atoms with van der Waals surface area (Å²) in [5, 5.41) is 7.01. The lowest BCUT2D eigenvalue weighted by Gasteiger charge is -2.33. The first kappa shape index (κ1) is 13.7. The van der Waals surface area contributed by atoms with E-state index < -0.39 is 0 Å². The molecule has 1 aromatic heterocycles. The summed E-state index contributed by atoms with van der Waals surface area (Å²) >= 11 is 1.78. The Morgan fingerprint density at radius 2 is 2.20 bits per heavy atom. The Bertz CT molecular complexity index is 538. The van der Waals surface area contributed by atoms with Crippen molar-refractivity contribution in [3.05, 3.63) is 52.0 Å². The molecule has 2 heterocycles. The average molecular weight is 287 g/mol. The Hall–Kier alpha value is -1.23. The molecule has 3 nitrogen and oxygen atoms in total. The third-order valence-corrected chi connectivity index (χ3v) is 4.80. The highest BCUT2D eigenvalue weighted by Crippen LogP contribution is 2.17. The van der Waals surface area contributed by atoms with Crippen LogP contribution in [0.25, 0.3) is 0 Å². The van der Waals surface area contributed by atoms with Crippen LogP contribution < -0.4 is 5.32 Å². The minimum atomic E-state index is 0.461. The van der Waals surface area contributed by atoms with Gasteiger partial charge in [-0.15, -0.1) is 11.3 Å². The van der Waals surface area contributed by atoms with Gasteiger partial charge in [-0.3, -0.25) is 4.90 Å². The van der Waals surface area contributed by atoms with E-state index in [1.54, 1.807) is 11.3 Å². The van der Waals surface area contributed by atoms with Crippen LogP contribution >= 0.6 is 11.3 Å². The van der Waals surface area contributed by atoms with Gasteiger partial charge in [0.15, 0.2) is 0 Å². The molecule has 106 valence electrons. The van der Waals surface area contributed by atoms with Crippen molar-refractivity contribution in [3.8, 4) is 0 Å². The Morgan fingerprint density at radius 3 is 2.95 bits per heavy atom. The van der Waals surface area contributed by atoms with Crippen LogP contribution in [0, 0.1) is 6.92 Å². The van der Waals surface area contributed by atoms with Crippen molar-refractivity contribution < 1.29 is 0 Å². The first-order valence-electron chi connectivity index (χ1n) is 7.23. The molecule has 0 radical (unpaired) electrons. The highest BCUT2D eigenvalue weighted by Gasteiger charge is 2.20. The van der Waals surface area contributed by atoms with E-state index >= 15 is 0 Å². The standard InChI is InChI=1S/C16H21N3S/c1-13-12-20-16(18-13)7-9-19-10-8-17-15(11-19)14-5-3-2-4-6-14/h2-6,12,15,17H,7-11H2,1H3. The van der Waals surface area contributed by atoms with Gasteiger partial charge in [0.2, 0.25) is 0 Å². The van der Waals surface area contributed by atoms with Crippen molar-refractivity contribution in [2.45, 2.75) is 19.4 Å². The van der Waals surface area contributed by atoms with E-state index in [0.29, 0.717) is 6.04 Å². The molecule has 1 unspecified atom stereocenters. The van der Waals surface area contributed by atoms with Gasteiger partial charge in [-0.2, -0.15) is 0 Å². The van der Waals surface area contributed by atoms with Gasteiger partial charge in [-0.25, -0.2) is 4.98 Å². The summed E-state index contributed by atoms with van der Waals surface area (Å²) in [6, 6.07) is 11.2. The smallest absolute Gasteiger partial charge is 0.0940 e. The van der Waals surface area contributed by atoms with Crippen LogP contribution in [0.2, 0.25) is 0 Å². The van der Waals surface area contributed by atoms with Crippen LogP contribution in [-0.4, -0.2) is 36.1 Å². The topological polar surface area (TPSA) is 28.2 Å². The van der Waals surface area contributed by atoms with Crippen LogP contribution in [-0.2, 0) is 6.42 Å². The Labute approximate surface area is 124 Å². The fourth-order valence-electron chi connectivity index (χ4n) is 2.69. The first-order chi connectivity index (χ1) is 9.81. The van der Waals surface area contributed by atoms with Gasteiger partial charge < -0.3 is 5.32 Å². The molecule has 4 heteroatoms. The highest BCUT2D eigenvalue weighted by atomic mass is 32.1. The van der Waals surface area contributed by atoms with Gasteiger partial charge in [0.1, 0.15) is 0 Å². The second-order valence-corrected chi connectivity index (χ2v) is 6.29. The van der Waals surface area contributed by atoms with E-state index in [4.69, 9.17) is 0 Å². The summed E-state index contributed by atoms with van der Waals surface area (Å²) in [4.78, 5) is 7.10. The molecular formula is C16H21N3S. The van der Waals surface area contributed by atoms with Crippen LogP contribution in [0.5, 0.6) is 0 Å². The maximum Gasteiger partial charge on any atom is 0.0940 e. The van der Waals surface area contributed by atoms with Crippen molar-refractivity contribution in [2.75, 3.05) is 26.2 Å². The number of hydrogen-bond donors (Lipinski definition) is 1. The fourth-order valence-corrected chi connectivity index (χ4v) is 3.46. The molecule has 1 aliphatic rings. The van der Waals surface area contributed by atoms with Crippen molar-refractivity contribution in [1.29, 1.82) is 0 Å². The molecular weight excluding hydrogens is 266 g/mol. The lowest BCUT2D eigenvalue weighted by molar-refractivity contribution is 0.203. The Kier molecular flexibility index (Phi) is 4.45. The third kappa shape index (κ3) is 3.45. The summed E-state index contributed by atoms with van der Waals surface area (Å²) in [6.07, 6.45) is 1.07. The fraction of sp³-hybridized carbons (Fsp3) is 0.438. The molecule has 1 N–H and O–H groups in total. The van der Waals surface area contributed by atoms with E-state index in [9.17, 15) is 0 Å². The van der Waals surface area contributed by atoms with Crippen molar-refractivity contribution in [2.24, 2.45) is 0 Å². The maximum absolute atomic E-state index is 4.55. The van der Waals surface area contributed by atoms with Gasteiger partial charge in [0.25, 0.3) is 0 Å². The predicted molar refractivity (Wildman–Crippen MR) is 84.2 cm³/mol. The second kappa shape index (κ2) is 6.48. The molecule has 1 saturated heterocycles. The third-order valence-electron chi connectivity index (χ3n) is 3.77. The molecule has 0 bridgehead atoms. The van der Waals surface area contributed by atoms with E-state index in [2.05, 4.69) is 57.8 Å². The normalized spacial score (nSPS) is 20.1. The van der Waals surface area contributed by atoms with Crippen LogP contribution in [0.15, 0.2) is 35.7 Å². The molecule has 0 saturated carbocycles. The average Bonchev–Trinajstić information content (AvgIpc) is 2.92. The Morgan fingerprint density at radius 1 is 1.35 bits per heavy atom. The summed E-state index contributed by atoms with van der Waals surface area (Å²) in [7, 11) is 0. The summed E-state index contributed by atoms with van der Waals surface area (Å²) in [6.45, 7) is 6.47. The lowest BCUT2D eigenvalue weighted by atomic mass is 10.0. The SMILES string of the molecule is Cc1csc(CCN2CCNC(c3ccccc3)C2)n1. The van der Waals surface area contributed by atoms with Crippen molar-refractivity contribution >= 4 is 11.3 Å². The zero-order valence-corrected chi connectivity index (χ0v) is 12.7. The monoisotopic (exact) mass is 287 g/mol. The van der Waals surface area contributed by atoms with E-state index in [0.717, 1.165) is 38.3 Å². The molecule has 1 atom stereocenters. The highest BCUT2D eigenvalue weighted by molar-refractivity contribution is 7.09. The maximum atomic E-state index is 4.55. The van der Waals surface area contributed by atoms with Crippen molar-refractivity contribution in [3.63, 3.8) is 0 Å². The molecule has 1 fully saturated rings. The number of aromatic nitrogens is 1. The molecule has 0 amide bonds. The molecule has 1 aliphatic heterocycles. The van der Waals surface area contributed by atoms with Crippen LogP contribution in [0.3, 0.4) is 0 Å². The Balaban J connectivity index is 1.55. The van der Waals surface area contributed by atoms with E-state index in [-0.39, 0.29) is 0 Å². The minimum Gasteiger partial charge on any atom is -0.308 e. The van der Waals surface area contributed by atoms with Crippen LogP contribution in [0.1, 0.15) is 22.3 Å². The summed E-state index contributed by atoms with van der Waals surface area (Å²) < 4.78 is 0. The van der Waals surface area contributed by atoms with E-state index in [1.165, 1.54) is 10.6 Å². The number of hydrogen-bond acceptors (Lipinski definition) is 4. The number of nitrogens with one attached hydrogen (secondary N) is 1.